The highest BCUT2D eigenvalue weighted by Gasteiger charge is 2.25. The summed E-state index contributed by atoms with van der Waals surface area (Å²) in [5.74, 6) is -0.387. The Morgan fingerprint density at radius 2 is 2.00 bits per heavy atom. The predicted molar refractivity (Wildman–Crippen MR) is 98.6 cm³/mol. The zero-order valence-electron chi connectivity index (χ0n) is 13.8. The average Bonchev–Trinajstić information content (AvgIpc) is 2.60. The molecular weight excluding hydrogens is 338 g/mol. The molecule has 0 aliphatic carbocycles. The summed E-state index contributed by atoms with van der Waals surface area (Å²) in [4.78, 5) is 24.6. The van der Waals surface area contributed by atoms with Gasteiger partial charge in [-0.25, -0.2) is 5.01 Å². The van der Waals surface area contributed by atoms with Crippen LogP contribution in [0, 0.1) is 6.92 Å². The number of anilines is 1. The third-order valence-electron chi connectivity index (χ3n) is 3.88. The molecular formula is C19H18ClN3O2. The van der Waals surface area contributed by atoms with Gasteiger partial charge in [0.15, 0.2) is 0 Å². The van der Waals surface area contributed by atoms with Gasteiger partial charge in [0.2, 0.25) is 5.91 Å². The van der Waals surface area contributed by atoms with Gasteiger partial charge in [-0.2, -0.15) is 5.10 Å². The van der Waals surface area contributed by atoms with E-state index < -0.39 is 0 Å². The van der Waals surface area contributed by atoms with Crippen molar-refractivity contribution in [3.8, 4) is 0 Å². The molecule has 6 heteroatoms. The van der Waals surface area contributed by atoms with E-state index in [9.17, 15) is 9.59 Å². The van der Waals surface area contributed by atoms with E-state index in [4.69, 9.17) is 11.6 Å². The molecule has 1 N–H and O–H groups in total. The van der Waals surface area contributed by atoms with Crippen molar-refractivity contribution in [3.63, 3.8) is 0 Å². The number of hydrogen-bond acceptors (Lipinski definition) is 3. The van der Waals surface area contributed by atoms with Crippen LogP contribution >= 0.6 is 11.6 Å². The summed E-state index contributed by atoms with van der Waals surface area (Å²) in [6.45, 7) is 2.30. The van der Waals surface area contributed by atoms with E-state index in [1.165, 1.54) is 5.01 Å². The van der Waals surface area contributed by atoms with E-state index >= 15 is 0 Å². The van der Waals surface area contributed by atoms with E-state index in [-0.39, 0.29) is 18.2 Å². The topological polar surface area (TPSA) is 61.8 Å². The van der Waals surface area contributed by atoms with Crippen molar-refractivity contribution in [2.24, 2.45) is 5.10 Å². The highest BCUT2D eigenvalue weighted by molar-refractivity contribution is 6.40. The van der Waals surface area contributed by atoms with E-state index in [0.29, 0.717) is 29.4 Å². The van der Waals surface area contributed by atoms with Crippen LogP contribution in [0.4, 0.5) is 5.69 Å². The minimum Gasteiger partial charge on any atom is -0.347 e. The van der Waals surface area contributed by atoms with E-state index in [1.807, 2.05) is 37.3 Å². The Kier molecular flexibility index (Phi) is 5.14. The Morgan fingerprint density at radius 1 is 1.20 bits per heavy atom. The Labute approximate surface area is 151 Å². The first-order valence-electron chi connectivity index (χ1n) is 8.02. The van der Waals surface area contributed by atoms with Crippen LogP contribution in [-0.4, -0.2) is 17.5 Å². The Morgan fingerprint density at radius 3 is 2.76 bits per heavy atom. The van der Waals surface area contributed by atoms with Crippen LogP contribution < -0.4 is 10.3 Å². The quantitative estimate of drug-likeness (QED) is 0.913. The molecule has 0 saturated heterocycles. The smallest absolute Gasteiger partial charge is 0.267 e. The van der Waals surface area contributed by atoms with Gasteiger partial charge in [-0.05, 0) is 42.3 Å². The summed E-state index contributed by atoms with van der Waals surface area (Å²) >= 11 is 5.94. The van der Waals surface area contributed by atoms with Gasteiger partial charge >= 0.3 is 0 Å². The Balaban J connectivity index is 1.73. The maximum absolute atomic E-state index is 12.4. The van der Waals surface area contributed by atoms with E-state index in [0.717, 1.165) is 11.1 Å². The minimum atomic E-state index is -0.273. The first-order valence-corrected chi connectivity index (χ1v) is 8.40. The Hall–Kier alpha value is -2.66. The van der Waals surface area contributed by atoms with Crippen LogP contribution in [0.2, 0.25) is 5.02 Å². The van der Waals surface area contributed by atoms with Crippen molar-refractivity contribution in [1.29, 1.82) is 0 Å². The molecule has 0 radical (unpaired) electrons. The molecule has 25 heavy (non-hydrogen) atoms. The fraction of sp³-hybridized carbons (Fsp3) is 0.211. The molecule has 0 atom stereocenters. The molecule has 1 aliphatic rings. The van der Waals surface area contributed by atoms with Crippen molar-refractivity contribution in [2.45, 2.75) is 26.3 Å². The first-order chi connectivity index (χ1) is 12.0. The predicted octanol–water partition coefficient (Wildman–Crippen LogP) is 3.45. The lowest BCUT2D eigenvalue weighted by Gasteiger charge is -2.23. The second kappa shape index (κ2) is 7.49. The molecule has 1 aliphatic heterocycles. The molecule has 2 aromatic carbocycles. The van der Waals surface area contributed by atoms with Gasteiger partial charge in [0.1, 0.15) is 5.71 Å². The molecule has 5 nitrogen and oxygen atoms in total. The Bertz CT molecular complexity index is 848. The number of aryl methyl sites for hydroxylation is 1. The number of nitrogens with zero attached hydrogens (tertiary/aromatic N) is 2. The summed E-state index contributed by atoms with van der Waals surface area (Å²) in [5, 5.41) is 9.03. The SMILES string of the molecule is Cc1cccc(N2N=C(C(=O)NCc3cccc(Cl)c3)CCC2=O)c1. The van der Waals surface area contributed by atoms with E-state index in [2.05, 4.69) is 10.4 Å². The summed E-state index contributed by atoms with van der Waals surface area (Å²) in [6, 6.07) is 14.8. The van der Waals surface area contributed by atoms with Gasteiger partial charge in [0.05, 0.1) is 5.69 Å². The van der Waals surface area contributed by atoms with E-state index in [1.54, 1.807) is 18.2 Å². The molecule has 2 aromatic rings. The third kappa shape index (κ3) is 4.25. The second-order valence-corrected chi connectivity index (χ2v) is 6.34. The van der Waals surface area contributed by atoms with Crippen molar-refractivity contribution in [1.82, 2.24) is 5.32 Å². The summed E-state index contributed by atoms with van der Waals surface area (Å²) in [7, 11) is 0. The maximum Gasteiger partial charge on any atom is 0.267 e. The molecule has 128 valence electrons. The molecule has 0 aromatic heterocycles. The highest BCUT2D eigenvalue weighted by atomic mass is 35.5. The van der Waals surface area contributed by atoms with Crippen molar-refractivity contribution < 1.29 is 9.59 Å². The number of carbonyl (C=O) groups is 2. The monoisotopic (exact) mass is 355 g/mol. The molecule has 1 heterocycles. The molecule has 0 fully saturated rings. The maximum atomic E-state index is 12.4. The van der Waals surface area contributed by atoms with Crippen LogP contribution in [-0.2, 0) is 16.1 Å². The summed E-state index contributed by atoms with van der Waals surface area (Å²) < 4.78 is 0. The zero-order chi connectivity index (χ0) is 17.8. The lowest BCUT2D eigenvalue weighted by atomic mass is 10.1. The largest absolute Gasteiger partial charge is 0.347 e. The molecule has 0 spiro atoms. The average molecular weight is 356 g/mol. The number of benzene rings is 2. The fourth-order valence-electron chi connectivity index (χ4n) is 2.61. The minimum absolute atomic E-state index is 0.114. The number of halogens is 1. The number of rotatable bonds is 4. The molecule has 0 unspecified atom stereocenters. The standard InChI is InChI=1S/C19H18ClN3O2/c1-13-4-2-7-16(10-13)23-18(24)9-8-17(22-23)19(25)21-12-14-5-3-6-15(20)11-14/h2-7,10-11H,8-9,12H2,1H3,(H,21,25). The molecule has 0 bridgehead atoms. The van der Waals surface area contributed by atoms with Crippen molar-refractivity contribution >= 4 is 34.8 Å². The van der Waals surface area contributed by atoms with Crippen LogP contribution in [0.5, 0.6) is 0 Å². The van der Waals surface area contributed by atoms with Gasteiger partial charge in [-0.3, -0.25) is 9.59 Å². The number of hydrogen-bond donors (Lipinski definition) is 1. The van der Waals surface area contributed by atoms with Crippen LogP contribution in [0.25, 0.3) is 0 Å². The molecule has 3 rings (SSSR count). The van der Waals surface area contributed by atoms with Gasteiger partial charge < -0.3 is 5.32 Å². The normalized spacial score (nSPS) is 14.2. The summed E-state index contributed by atoms with van der Waals surface area (Å²) in [6.07, 6.45) is 0.597. The number of nitrogens with one attached hydrogen (secondary N) is 1. The van der Waals surface area contributed by atoms with Crippen LogP contribution in [0.3, 0.4) is 0 Å². The fourth-order valence-corrected chi connectivity index (χ4v) is 2.82. The lowest BCUT2D eigenvalue weighted by Crippen LogP contribution is -2.38. The second-order valence-electron chi connectivity index (χ2n) is 5.90. The van der Waals surface area contributed by atoms with Gasteiger partial charge in [0, 0.05) is 24.4 Å². The number of carbonyl (C=O) groups excluding carboxylic acids is 2. The number of hydrazone groups is 1. The van der Waals surface area contributed by atoms with Crippen molar-refractivity contribution in [2.75, 3.05) is 5.01 Å². The van der Waals surface area contributed by atoms with Gasteiger partial charge in [-0.1, -0.05) is 35.9 Å². The third-order valence-corrected chi connectivity index (χ3v) is 4.12. The molecule has 0 saturated carbocycles. The lowest BCUT2D eigenvalue weighted by molar-refractivity contribution is -0.119. The van der Waals surface area contributed by atoms with Crippen LogP contribution in [0.1, 0.15) is 24.0 Å². The zero-order valence-corrected chi connectivity index (χ0v) is 14.6. The van der Waals surface area contributed by atoms with Crippen molar-refractivity contribution in [3.05, 3.63) is 64.7 Å². The molecule has 2 amide bonds. The van der Waals surface area contributed by atoms with Gasteiger partial charge in [-0.15, -0.1) is 0 Å². The van der Waals surface area contributed by atoms with Gasteiger partial charge in [0.25, 0.3) is 5.91 Å². The van der Waals surface area contributed by atoms with Crippen LogP contribution in [0.15, 0.2) is 53.6 Å². The first kappa shape index (κ1) is 17.2. The highest BCUT2D eigenvalue weighted by Crippen LogP contribution is 2.21. The summed E-state index contributed by atoms with van der Waals surface area (Å²) in [5.41, 5.74) is 2.95. The number of amides is 2.